The van der Waals surface area contributed by atoms with Crippen LogP contribution >= 0.6 is 8.58 Å². The number of rotatable bonds is 6. The van der Waals surface area contributed by atoms with E-state index in [1.54, 1.807) is 19.2 Å². The van der Waals surface area contributed by atoms with Crippen LogP contribution in [0.1, 0.15) is 17.3 Å². The first-order valence-corrected chi connectivity index (χ1v) is 7.77. The van der Waals surface area contributed by atoms with Crippen molar-refractivity contribution in [3.05, 3.63) is 47.5 Å². The summed E-state index contributed by atoms with van der Waals surface area (Å²) in [5, 5.41) is 1.02. The van der Waals surface area contributed by atoms with Gasteiger partial charge in [0.05, 0.1) is 21.3 Å². The molecule has 0 spiro atoms. The second-order valence-electron chi connectivity index (χ2n) is 4.68. The van der Waals surface area contributed by atoms with E-state index in [0.29, 0.717) is 22.8 Å². The van der Waals surface area contributed by atoms with Crippen molar-refractivity contribution in [3.8, 4) is 17.2 Å². The molecule has 2 rings (SSSR count). The van der Waals surface area contributed by atoms with Crippen LogP contribution < -0.4 is 38.4 Å². The Hall–Kier alpha value is -1.46. The summed E-state index contributed by atoms with van der Waals surface area (Å²) in [6.45, 7) is 2.00. The molecular weight excluding hydrogens is 306 g/mol. The largest absolute Gasteiger partial charge is 1.00 e. The summed E-state index contributed by atoms with van der Waals surface area (Å²) in [7, 11) is 4.63. The quantitative estimate of drug-likeness (QED) is 0.565. The van der Waals surface area contributed by atoms with E-state index < -0.39 is 0 Å². The Bertz CT molecular complexity index is 669. The van der Waals surface area contributed by atoms with Gasteiger partial charge in [-0.15, -0.1) is 0 Å². The van der Waals surface area contributed by atoms with E-state index in [2.05, 4.69) is 0 Å². The van der Waals surface area contributed by atoms with Crippen LogP contribution in [-0.2, 0) is 0 Å². The number of hydrogen-bond acceptors (Lipinski definition) is 4. The van der Waals surface area contributed by atoms with Crippen LogP contribution in [0, 0.1) is 6.92 Å². The fourth-order valence-corrected chi connectivity index (χ4v) is 3.20. The second-order valence-corrected chi connectivity index (χ2v) is 5.92. The predicted octanol–water partition coefficient (Wildman–Crippen LogP) is 0.282. The van der Waals surface area contributed by atoms with Crippen LogP contribution in [0.5, 0.6) is 17.2 Å². The van der Waals surface area contributed by atoms with Crippen molar-refractivity contribution >= 4 is 19.4 Å². The molecule has 2 aromatic rings. The van der Waals surface area contributed by atoms with Crippen LogP contribution in [0.25, 0.3) is 0 Å². The summed E-state index contributed by atoms with van der Waals surface area (Å²) in [5.41, 5.74) is 1.53. The van der Waals surface area contributed by atoms with E-state index in [0.717, 1.165) is 10.9 Å². The number of aryl methyl sites for hydroxylation is 1. The molecule has 0 N–H and O–H groups in total. The molecule has 0 fully saturated rings. The van der Waals surface area contributed by atoms with Gasteiger partial charge in [-0.05, 0) is 26.4 Å². The molecule has 23 heavy (non-hydrogen) atoms. The van der Waals surface area contributed by atoms with E-state index in [4.69, 9.17) is 14.2 Å². The minimum Gasteiger partial charge on any atom is -1.00 e. The zero-order valence-corrected chi connectivity index (χ0v) is 15.1. The number of carbonyl (C=O) groups is 1. The van der Waals surface area contributed by atoms with Gasteiger partial charge in [0.15, 0.2) is 5.52 Å². The fourth-order valence-electron chi connectivity index (χ4n) is 2.13. The average Bonchev–Trinajstić information content (AvgIpc) is 2.55. The molecule has 0 aliphatic rings. The first-order valence-electron chi connectivity index (χ1n) is 6.77. The summed E-state index contributed by atoms with van der Waals surface area (Å²) in [4.78, 5) is 12.7. The number of ether oxygens (including phenoxy) is 3. The number of benzene rings is 2. The Kier molecular flexibility index (Phi) is 7.65. The van der Waals surface area contributed by atoms with Crippen molar-refractivity contribution in [2.75, 3.05) is 21.3 Å². The molecule has 0 saturated heterocycles. The third-order valence-corrected chi connectivity index (χ3v) is 4.64. The molecule has 0 aliphatic heterocycles. The first kappa shape index (κ1) is 19.6. The molecular formula is C17H20LiO4P. The minimum atomic E-state index is -0.0225. The van der Waals surface area contributed by atoms with Crippen LogP contribution in [0.4, 0.5) is 0 Å². The van der Waals surface area contributed by atoms with Crippen LogP contribution in [0.2, 0.25) is 0 Å². The van der Waals surface area contributed by atoms with E-state index >= 15 is 0 Å². The molecule has 0 aliphatic carbocycles. The van der Waals surface area contributed by atoms with Crippen molar-refractivity contribution in [1.82, 2.24) is 0 Å². The zero-order valence-electron chi connectivity index (χ0n) is 15.1. The van der Waals surface area contributed by atoms with Gasteiger partial charge in [-0.1, -0.05) is 24.3 Å². The SMILES string of the molecule is COc1cc(OC)c(C(=O)Pc2ccccc2C)c(OC)c1.[H-].[Li+]. The zero-order chi connectivity index (χ0) is 16.1. The Morgan fingerprint density at radius 2 is 1.57 bits per heavy atom. The normalized spacial score (nSPS) is 10.3. The molecule has 0 bridgehead atoms. The maximum atomic E-state index is 12.7. The molecule has 0 amide bonds. The number of hydrogen-bond donors (Lipinski definition) is 0. The van der Waals surface area contributed by atoms with Gasteiger partial charge in [0.25, 0.3) is 0 Å². The summed E-state index contributed by atoms with van der Waals surface area (Å²) < 4.78 is 15.9. The van der Waals surface area contributed by atoms with Crippen molar-refractivity contribution in [2.24, 2.45) is 0 Å². The Morgan fingerprint density at radius 3 is 2.04 bits per heavy atom. The van der Waals surface area contributed by atoms with Crippen molar-refractivity contribution < 1.29 is 39.3 Å². The molecule has 2 aromatic carbocycles. The molecule has 0 aromatic heterocycles. The molecule has 118 valence electrons. The van der Waals surface area contributed by atoms with E-state index in [-0.39, 0.29) is 34.4 Å². The molecule has 1 atom stereocenters. The minimum absolute atomic E-state index is 0. The van der Waals surface area contributed by atoms with Gasteiger partial charge in [0.1, 0.15) is 22.8 Å². The van der Waals surface area contributed by atoms with E-state index in [1.165, 1.54) is 14.2 Å². The van der Waals surface area contributed by atoms with Gasteiger partial charge in [-0.25, -0.2) is 0 Å². The molecule has 0 saturated carbocycles. The van der Waals surface area contributed by atoms with Crippen molar-refractivity contribution in [1.29, 1.82) is 0 Å². The summed E-state index contributed by atoms with van der Waals surface area (Å²) in [6.07, 6.45) is 0. The summed E-state index contributed by atoms with van der Waals surface area (Å²) >= 11 is 0. The Labute approximate surface area is 152 Å². The van der Waals surface area contributed by atoms with Gasteiger partial charge < -0.3 is 15.6 Å². The monoisotopic (exact) mass is 326 g/mol. The fraction of sp³-hybridized carbons (Fsp3) is 0.235. The van der Waals surface area contributed by atoms with Crippen LogP contribution in [0.15, 0.2) is 36.4 Å². The molecule has 1 unspecified atom stereocenters. The first-order chi connectivity index (χ1) is 10.6. The van der Waals surface area contributed by atoms with Gasteiger partial charge >= 0.3 is 18.9 Å². The van der Waals surface area contributed by atoms with Gasteiger partial charge in [-0.3, -0.25) is 4.79 Å². The second kappa shape index (κ2) is 8.99. The van der Waals surface area contributed by atoms with E-state index in [9.17, 15) is 4.79 Å². The van der Waals surface area contributed by atoms with Crippen LogP contribution in [0.3, 0.4) is 0 Å². The van der Waals surface area contributed by atoms with Crippen molar-refractivity contribution in [3.63, 3.8) is 0 Å². The topological polar surface area (TPSA) is 44.8 Å². The van der Waals surface area contributed by atoms with Crippen molar-refractivity contribution in [2.45, 2.75) is 6.92 Å². The Balaban J connectivity index is 0.00000264. The maximum Gasteiger partial charge on any atom is 1.00 e. The van der Waals surface area contributed by atoms with Gasteiger partial charge in [-0.2, -0.15) is 0 Å². The van der Waals surface area contributed by atoms with E-state index in [1.807, 2.05) is 31.2 Å². The average molecular weight is 326 g/mol. The third kappa shape index (κ3) is 4.51. The summed E-state index contributed by atoms with van der Waals surface area (Å²) in [5.74, 6) is 1.51. The molecule has 0 radical (unpaired) electrons. The number of carbonyl (C=O) groups excluding carboxylic acids is 1. The van der Waals surface area contributed by atoms with Crippen LogP contribution in [-0.4, -0.2) is 26.9 Å². The van der Waals surface area contributed by atoms with Gasteiger partial charge in [0.2, 0.25) is 0 Å². The standard InChI is InChI=1S/C17H19O4P.Li.H/c1-11-7-5-6-8-15(11)22-17(18)16-13(20-3)9-12(19-2)10-14(16)21-4;;/h5-10,22H,1-4H3;;/q;+1;-1. The molecule has 0 heterocycles. The molecule has 4 nitrogen and oxygen atoms in total. The Morgan fingerprint density at radius 1 is 1.00 bits per heavy atom. The maximum absolute atomic E-state index is 12.7. The summed E-state index contributed by atoms with van der Waals surface area (Å²) in [6, 6.07) is 11.2. The predicted molar refractivity (Wildman–Crippen MR) is 90.7 cm³/mol. The number of methoxy groups -OCH3 is 3. The third-order valence-electron chi connectivity index (χ3n) is 3.34. The molecule has 6 heteroatoms. The smallest absolute Gasteiger partial charge is 1.00 e. The van der Waals surface area contributed by atoms with Gasteiger partial charge in [0, 0.05) is 12.1 Å².